The molecule has 1 aromatic carbocycles. The van der Waals surface area contributed by atoms with Gasteiger partial charge in [-0.25, -0.2) is 9.42 Å². The van der Waals surface area contributed by atoms with Gasteiger partial charge in [0.15, 0.2) is 5.52 Å². The van der Waals surface area contributed by atoms with Gasteiger partial charge in [-0.15, -0.1) is 0 Å². The fraction of sp³-hybridized carbons (Fsp3) is 0.632. The third-order valence-electron chi connectivity index (χ3n) is 5.03. The van der Waals surface area contributed by atoms with Crippen molar-refractivity contribution in [3.63, 3.8) is 0 Å². The number of hydrogen-bond acceptors (Lipinski definition) is 7. The smallest absolute Gasteiger partial charge is 0.326 e. The van der Waals surface area contributed by atoms with Crippen molar-refractivity contribution in [3.8, 4) is 0 Å². The number of rotatable bonds is 13. The summed E-state index contributed by atoms with van der Waals surface area (Å²) in [5.41, 5.74) is 0.446. The molecule has 1 N–H and O–H groups in total. The van der Waals surface area contributed by atoms with E-state index in [9.17, 15) is 20.0 Å². The molecule has 2 rings (SSSR count). The minimum atomic E-state index is -0.937. The molecule has 154 valence electrons. The monoisotopic (exact) mass is 392 g/mol. The summed E-state index contributed by atoms with van der Waals surface area (Å²) in [5, 5.41) is 28.1. The van der Waals surface area contributed by atoms with E-state index in [0.29, 0.717) is 12.1 Å². The molecule has 2 aromatic rings. The molecule has 1 atom stereocenters. The molecule has 0 saturated heterocycles. The maximum absolute atomic E-state index is 11.8. The fourth-order valence-electron chi connectivity index (χ4n) is 3.39. The van der Waals surface area contributed by atoms with Crippen molar-refractivity contribution >= 4 is 28.4 Å². The predicted molar refractivity (Wildman–Crippen MR) is 106 cm³/mol. The van der Waals surface area contributed by atoms with Gasteiger partial charge in [0.05, 0.1) is 10.6 Å². The van der Waals surface area contributed by atoms with Gasteiger partial charge in [-0.1, -0.05) is 58.3 Å². The fourth-order valence-corrected chi connectivity index (χ4v) is 3.39. The van der Waals surface area contributed by atoms with E-state index in [0.717, 1.165) is 19.3 Å². The number of carbonyl (C=O) groups is 1. The van der Waals surface area contributed by atoms with E-state index in [4.69, 9.17) is 0 Å². The first-order chi connectivity index (χ1) is 13.5. The van der Waals surface area contributed by atoms with Gasteiger partial charge in [-0.2, -0.15) is 0 Å². The first-order valence-corrected chi connectivity index (χ1v) is 9.82. The van der Waals surface area contributed by atoms with Crippen LogP contribution in [-0.4, -0.2) is 39.4 Å². The van der Waals surface area contributed by atoms with Crippen molar-refractivity contribution in [2.45, 2.75) is 70.8 Å². The largest absolute Gasteiger partial charge is 0.480 e. The van der Waals surface area contributed by atoms with Gasteiger partial charge in [0.1, 0.15) is 6.04 Å². The van der Waals surface area contributed by atoms with Gasteiger partial charge in [-0.05, 0) is 22.8 Å². The molecular formula is C19H28N4O5. The summed E-state index contributed by atoms with van der Waals surface area (Å²) in [6, 6.07) is 2.04. The minimum Gasteiger partial charge on any atom is -0.480 e. The lowest BCUT2D eigenvalue weighted by molar-refractivity contribution is -0.383. The number of aliphatic carboxylic acids is 1. The Morgan fingerprint density at radius 3 is 2.36 bits per heavy atom. The van der Waals surface area contributed by atoms with Crippen LogP contribution in [-0.2, 0) is 4.79 Å². The number of nitrogens with zero attached hydrogens (tertiary/aromatic N) is 4. The SMILES string of the molecule is CCCCCCCCCCC(C(=O)O)N(C)c1ccc([N+](=O)[O-])c2nonc12. The number of nitro groups is 1. The Morgan fingerprint density at radius 2 is 1.75 bits per heavy atom. The van der Waals surface area contributed by atoms with Crippen molar-refractivity contribution in [3.05, 3.63) is 22.2 Å². The summed E-state index contributed by atoms with van der Waals surface area (Å²) >= 11 is 0. The number of hydrogen-bond donors (Lipinski definition) is 1. The lowest BCUT2D eigenvalue weighted by atomic mass is 10.0. The molecule has 9 nitrogen and oxygen atoms in total. The first-order valence-electron chi connectivity index (χ1n) is 9.82. The van der Waals surface area contributed by atoms with Crippen molar-refractivity contribution in [2.75, 3.05) is 11.9 Å². The molecule has 0 amide bonds. The lowest BCUT2D eigenvalue weighted by Crippen LogP contribution is -2.38. The Hall–Kier alpha value is -2.71. The average molecular weight is 392 g/mol. The van der Waals surface area contributed by atoms with Gasteiger partial charge >= 0.3 is 11.7 Å². The van der Waals surface area contributed by atoms with Crippen molar-refractivity contribution in [2.24, 2.45) is 0 Å². The number of unbranched alkanes of at least 4 members (excludes halogenated alkanes) is 7. The highest BCUT2D eigenvalue weighted by atomic mass is 16.6. The Labute approximate surface area is 163 Å². The van der Waals surface area contributed by atoms with E-state index >= 15 is 0 Å². The molecule has 1 unspecified atom stereocenters. The molecule has 0 aliphatic carbocycles. The van der Waals surface area contributed by atoms with E-state index in [1.54, 1.807) is 11.9 Å². The Morgan fingerprint density at radius 1 is 1.14 bits per heavy atom. The molecule has 0 fully saturated rings. The van der Waals surface area contributed by atoms with E-state index in [1.807, 2.05) is 0 Å². The number of likely N-dealkylation sites (N-methyl/N-ethyl adjacent to an activating group) is 1. The molecule has 1 heterocycles. The third-order valence-corrected chi connectivity index (χ3v) is 5.03. The highest BCUT2D eigenvalue weighted by molar-refractivity contribution is 5.95. The van der Waals surface area contributed by atoms with Crippen molar-refractivity contribution in [1.82, 2.24) is 10.3 Å². The molecule has 28 heavy (non-hydrogen) atoms. The van der Waals surface area contributed by atoms with Crippen molar-refractivity contribution in [1.29, 1.82) is 0 Å². The van der Waals surface area contributed by atoms with Crippen LogP contribution in [0, 0.1) is 10.1 Å². The van der Waals surface area contributed by atoms with E-state index in [2.05, 4.69) is 21.9 Å². The summed E-state index contributed by atoms with van der Waals surface area (Å²) in [6.45, 7) is 2.19. The van der Waals surface area contributed by atoms with Crippen LogP contribution in [0.4, 0.5) is 11.4 Å². The summed E-state index contributed by atoms with van der Waals surface area (Å²) in [7, 11) is 1.65. The van der Waals surface area contributed by atoms with Crippen LogP contribution in [0.25, 0.3) is 11.0 Å². The molecule has 0 saturated carbocycles. The molecule has 9 heteroatoms. The van der Waals surface area contributed by atoms with E-state index in [1.165, 1.54) is 44.2 Å². The van der Waals surface area contributed by atoms with Gasteiger partial charge in [0.25, 0.3) is 0 Å². The number of nitro benzene ring substituents is 1. The summed E-state index contributed by atoms with van der Waals surface area (Å²) in [5.74, 6) is -0.937. The summed E-state index contributed by atoms with van der Waals surface area (Å²) in [6.07, 6.45) is 9.57. The maximum Gasteiger partial charge on any atom is 0.326 e. The van der Waals surface area contributed by atoms with Crippen LogP contribution in [0.5, 0.6) is 0 Å². The second kappa shape index (κ2) is 10.6. The van der Waals surface area contributed by atoms with Crippen LogP contribution in [0.2, 0.25) is 0 Å². The number of benzene rings is 1. The summed E-state index contributed by atoms with van der Waals surface area (Å²) in [4.78, 5) is 23.9. The maximum atomic E-state index is 11.8. The van der Waals surface area contributed by atoms with Gasteiger partial charge < -0.3 is 10.0 Å². The zero-order valence-corrected chi connectivity index (χ0v) is 16.5. The van der Waals surface area contributed by atoms with Crippen LogP contribution in [0.1, 0.15) is 64.7 Å². The van der Waals surface area contributed by atoms with E-state index < -0.39 is 16.9 Å². The summed E-state index contributed by atoms with van der Waals surface area (Å²) < 4.78 is 4.66. The first kappa shape index (κ1) is 21.6. The second-order valence-corrected chi connectivity index (χ2v) is 7.05. The highest BCUT2D eigenvalue weighted by Gasteiger charge is 2.27. The molecule has 1 aromatic heterocycles. The topological polar surface area (TPSA) is 123 Å². The van der Waals surface area contributed by atoms with Crippen molar-refractivity contribution < 1.29 is 19.5 Å². The molecule has 0 bridgehead atoms. The number of carboxylic acids is 1. The lowest BCUT2D eigenvalue weighted by Gasteiger charge is -2.26. The number of anilines is 1. The number of carboxylic acid groups (broad SMARTS) is 1. The molecular weight excluding hydrogens is 364 g/mol. The number of non-ortho nitro benzene ring substituents is 1. The van der Waals surface area contributed by atoms with Crippen LogP contribution in [0.3, 0.4) is 0 Å². The zero-order chi connectivity index (χ0) is 20.5. The Kier molecular flexibility index (Phi) is 8.16. The Bertz CT molecular complexity index is 792. The number of aromatic nitrogens is 2. The minimum absolute atomic E-state index is 0.0190. The van der Waals surface area contributed by atoms with Gasteiger partial charge in [0.2, 0.25) is 5.52 Å². The van der Waals surface area contributed by atoms with Gasteiger partial charge in [-0.3, -0.25) is 10.1 Å². The molecule has 0 aliphatic heterocycles. The van der Waals surface area contributed by atoms with Crippen LogP contribution < -0.4 is 4.90 Å². The predicted octanol–water partition coefficient (Wildman–Crippen LogP) is 4.55. The highest BCUT2D eigenvalue weighted by Crippen LogP contribution is 2.32. The van der Waals surface area contributed by atoms with Gasteiger partial charge in [0, 0.05) is 13.1 Å². The number of fused-ring (bicyclic) bond motifs is 1. The van der Waals surface area contributed by atoms with E-state index in [-0.39, 0.29) is 16.7 Å². The normalized spacial score (nSPS) is 12.2. The molecule has 0 spiro atoms. The van der Waals surface area contributed by atoms with Crippen LogP contribution in [0.15, 0.2) is 16.8 Å². The molecule has 0 radical (unpaired) electrons. The standard InChI is InChI=1S/C19H28N4O5/c1-3-4-5-6-7-8-9-10-11-16(19(24)25)22(2)14-12-13-15(23(26)27)18-17(14)20-28-21-18/h12-13,16H,3-11H2,1-2H3,(H,24,25). The quantitative estimate of drug-likeness (QED) is 0.299. The molecule has 0 aliphatic rings. The zero-order valence-electron chi connectivity index (χ0n) is 16.5. The second-order valence-electron chi connectivity index (χ2n) is 7.05. The van der Waals surface area contributed by atoms with Crippen LogP contribution >= 0.6 is 0 Å². The Balaban J connectivity index is 2.00. The average Bonchev–Trinajstić information content (AvgIpc) is 3.14. The third kappa shape index (κ3) is 5.40.